The van der Waals surface area contributed by atoms with Crippen molar-refractivity contribution >= 4 is 15.9 Å². The minimum absolute atomic E-state index is 0.145. The van der Waals surface area contributed by atoms with E-state index < -0.39 is 10.0 Å². The summed E-state index contributed by atoms with van der Waals surface area (Å²) in [5, 5.41) is 2.93. The molecule has 1 saturated heterocycles. The number of nitrogens with one attached hydrogen (secondary N) is 1. The molecule has 0 aliphatic carbocycles. The number of carbonyl (C=O) groups excluding carboxylic acids is 1. The summed E-state index contributed by atoms with van der Waals surface area (Å²) in [6.07, 6.45) is 1.30. The molecular formula is C23H30N2O5S. The molecule has 3 rings (SSSR count). The van der Waals surface area contributed by atoms with E-state index >= 15 is 0 Å². The number of sulfonamides is 1. The largest absolute Gasteiger partial charge is 0.496 e. The Labute approximate surface area is 184 Å². The second kappa shape index (κ2) is 10.2. The maximum atomic E-state index is 13.2. The maximum Gasteiger partial charge on any atom is 0.243 e. The monoisotopic (exact) mass is 446 g/mol. The van der Waals surface area contributed by atoms with E-state index in [-0.39, 0.29) is 23.3 Å². The molecule has 168 valence electrons. The average Bonchev–Trinajstić information content (AvgIpc) is 2.79. The van der Waals surface area contributed by atoms with Crippen molar-refractivity contribution in [3.05, 3.63) is 53.6 Å². The van der Waals surface area contributed by atoms with Crippen LogP contribution in [0.25, 0.3) is 0 Å². The first-order valence-corrected chi connectivity index (χ1v) is 11.9. The zero-order chi connectivity index (χ0) is 22.4. The van der Waals surface area contributed by atoms with Crippen LogP contribution in [0.2, 0.25) is 0 Å². The summed E-state index contributed by atoms with van der Waals surface area (Å²) in [6.45, 7) is 5.15. The summed E-state index contributed by atoms with van der Waals surface area (Å²) in [4.78, 5) is 13.0. The van der Waals surface area contributed by atoms with Crippen LogP contribution in [0.15, 0.2) is 47.4 Å². The summed E-state index contributed by atoms with van der Waals surface area (Å²) in [5.41, 5.74) is 1.65. The van der Waals surface area contributed by atoms with Gasteiger partial charge in [-0.3, -0.25) is 4.79 Å². The molecule has 1 atom stereocenters. The van der Waals surface area contributed by atoms with Crippen LogP contribution in [0.3, 0.4) is 0 Å². The van der Waals surface area contributed by atoms with Gasteiger partial charge in [-0.2, -0.15) is 4.31 Å². The van der Waals surface area contributed by atoms with Crippen LogP contribution in [0.4, 0.5) is 0 Å². The molecule has 0 radical (unpaired) electrons. The van der Waals surface area contributed by atoms with E-state index in [1.165, 1.54) is 4.31 Å². The molecule has 1 aliphatic rings. The highest BCUT2D eigenvalue weighted by molar-refractivity contribution is 7.89. The Hall–Kier alpha value is -2.58. The summed E-state index contributed by atoms with van der Waals surface area (Å²) in [6, 6.07) is 12.4. The molecule has 7 nitrogen and oxygen atoms in total. The fraction of sp³-hybridized carbons (Fsp3) is 0.435. The van der Waals surface area contributed by atoms with Crippen molar-refractivity contribution < 1.29 is 22.7 Å². The molecule has 1 heterocycles. The lowest BCUT2D eigenvalue weighted by Gasteiger charge is -2.31. The molecule has 1 aliphatic heterocycles. The molecule has 2 aromatic rings. The second-order valence-corrected chi connectivity index (χ2v) is 9.53. The maximum absolute atomic E-state index is 13.2. The lowest BCUT2D eigenvalue weighted by molar-refractivity contribution is -0.126. The van der Waals surface area contributed by atoms with Crippen molar-refractivity contribution in [3.8, 4) is 11.5 Å². The summed E-state index contributed by atoms with van der Waals surface area (Å²) >= 11 is 0. The Morgan fingerprint density at radius 1 is 1.19 bits per heavy atom. The van der Waals surface area contributed by atoms with Crippen LogP contribution in [0, 0.1) is 12.8 Å². The molecule has 0 saturated carbocycles. The number of amides is 1. The predicted octanol–water partition coefficient (Wildman–Crippen LogP) is 3.12. The van der Waals surface area contributed by atoms with Gasteiger partial charge in [-0.15, -0.1) is 0 Å². The van der Waals surface area contributed by atoms with Crippen molar-refractivity contribution in [1.29, 1.82) is 0 Å². The number of carbonyl (C=O) groups is 1. The lowest BCUT2D eigenvalue weighted by atomic mass is 9.98. The highest BCUT2D eigenvalue weighted by atomic mass is 32.2. The van der Waals surface area contributed by atoms with Crippen molar-refractivity contribution in [3.63, 3.8) is 0 Å². The summed E-state index contributed by atoms with van der Waals surface area (Å²) < 4.78 is 38.6. The van der Waals surface area contributed by atoms with Crippen molar-refractivity contribution in [2.45, 2.75) is 38.1 Å². The van der Waals surface area contributed by atoms with Gasteiger partial charge >= 0.3 is 0 Å². The predicted molar refractivity (Wildman–Crippen MR) is 119 cm³/mol. The number of rotatable bonds is 8. The molecule has 0 spiro atoms. The average molecular weight is 447 g/mol. The molecule has 0 unspecified atom stereocenters. The van der Waals surface area contributed by atoms with E-state index in [1.54, 1.807) is 25.3 Å². The van der Waals surface area contributed by atoms with Crippen molar-refractivity contribution in [2.75, 3.05) is 26.8 Å². The third-order valence-electron chi connectivity index (χ3n) is 5.48. The Balaban J connectivity index is 1.67. The zero-order valence-electron chi connectivity index (χ0n) is 18.3. The second-order valence-electron chi connectivity index (χ2n) is 7.59. The van der Waals surface area contributed by atoms with E-state index in [0.29, 0.717) is 44.0 Å². The standard InChI is InChI=1S/C23H30N2O5S/c1-4-30-21-12-11-20(14-17(21)2)31(27,28)25-13-7-9-19(16-25)23(26)24-15-18-8-5-6-10-22(18)29-3/h5-6,8,10-12,14,19H,4,7,9,13,15-16H2,1-3H3,(H,24,26)/t19-/m1/s1. The van der Waals surface area contributed by atoms with Crippen LogP contribution >= 0.6 is 0 Å². The van der Waals surface area contributed by atoms with Gasteiger partial charge in [0, 0.05) is 25.2 Å². The number of hydrogen-bond acceptors (Lipinski definition) is 5. The van der Waals surface area contributed by atoms with E-state index in [4.69, 9.17) is 9.47 Å². The van der Waals surface area contributed by atoms with Gasteiger partial charge < -0.3 is 14.8 Å². The third kappa shape index (κ3) is 5.37. The van der Waals surface area contributed by atoms with Crippen LogP contribution in [-0.4, -0.2) is 45.4 Å². The fourth-order valence-electron chi connectivity index (χ4n) is 3.80. The smallest absolute Gasteiger partial charge is 0.243 e. The molecule has 8 heteroatoms. The first-order chi connectivity index (χ1) is 14.9. The van der Waals surface area contributed by atoms with Crippen LogP contribution in [-0.2, 0) is 21.4 Å². The van der Waals surface area contributed by atoms with Crippen molar-refractivity contribution in [2.24, 2.45) is 5.92 Å². The molecule has 2 aromatic carbocycles. The molecule has 0 bridgehead atoms. The van der Waals surface area contributed by atoms with Crippen LogP contribution in [0.5, 0.6) is 11.5 Å². The van der Waals surface area contributed by atoms with Crippen molar-refractivity contribution in [1.82, 2.24) is 9.62 Å². The fourth-order valence-corrected chi connectivity index (χ4v) is 5.41. The van der Waals surface area contributed by atoms with Gasteiger partial charge in [0.2, 0.25) is 15.9 Å². The summed E-state index contributed by atoms with van der Waals surface area (Å²) in [7, 11) is -2.09. The molecule has 1 fully saturated rings. The number of aryl methyl sites for hydroxylation is 1. The minimum Gasteiger partial charge on any atom is -0.496 e. The number of hydrogen-bond donors (Lipinski definition) is 1. The SMILES string of the molecule is CCOc1ccc(S(=O)(=O)N2CCC[C@@H](C(=O)NCc3ccccc3OC)C2)cc1C. The molecule has 1 N–H and O–H groups in total. The molecule has 0 aromatic heterocycles. The van der Waals surface area contributed by atoms with Crippen LogP contribution < -0.4 is 14.8 Å². The normalized spacial score (nSPS) is 17.2. The number of benzene rings is 2. The number of para-hydroxylation sites is 1. The first-order valence-electron chi connectivity index (χ1n) is 10.5. The van der Waals surface area contributed by atoms with Gasteiger partial charge in [-0.1, -0.05) is 18.2 Å². The van der Waals surface area contributed by atoms with E-state index in [1.807, 2.05) is 38.1 Å². The minimum atomic E-state index is -3.68. The van der Waals surface area contributed by atoms with E-state index in [9.17, 15) is 13.2 Å². The molecular weight excluding hydrogens is 416 g/mol. The van der Waals surface area contributed by atoms with Gasteiger partial charge in [0.25, 0.3) is 0 Å². The van der Waals surface area contributed by atoms with Gasteiger partial charge in [0.1, 0.15) is 11.5 Å². The lowest BCUT2D eigenvalue weighted by Crippen LogP contribution is -2.45. The van der Waals surface area contributed by atoms with Gasteiger partial charge in [0.05, 0.1) is 24.5 Å². The van der Waals surface area contributed by atoms with E-state index in [0.717, 1.165) is 11.1 Å². The number of methoxy groups -OCH3 is 1. The topological polar surface area (TPSA) is 84.9 Å². The highest BCUT2D eigenvalue weighted by Crippen LogP contribution is 2.27. The quantitative estimate of drug-likeness (QED) is 0.674. The van der Waals surface area contributed by atoms with Crippen LogP contribution in [0.1, 0.15) is 30.9 Å². The number of nitrogens with zero attached hydrogens (tertiary/aromatic N) is 1. The first kappa shape index (κ1) is 23.1. The Kier molecular flexibility index (Phi) is 7.56. The molecule has 31 heavy (non-hydrogen) atoms. The third-order valence-corrected chi connectivity index (χ3v) is 7.35. The van der Waals surface area contributed by atoms with Gasteiger partial charge in [-0.05, 0) is 56.5 Å². The highest BCUT2D eigenvalue weighted by Gasteiger charge is 2.33. The Morgan fingerprint density at radius 2 is 1.97 bits per heavy atom. The number of ether oxygens (including phenoxy) is 2. The van der Waals surface area contributed by atoms with Gasteiger partial charge in [0.15, 0.2) is 0 Å². The Bertz CT molecular complexity index is 1020. The van der Waals surface area contributed by atoms with Gasteiger partial charge in [-0.25, -0.2) is 8.42 Å². The summed E-state index contributed by atoms with van der Waals surface area (Å²) in [5.74, 6) is 0.853. The Morgan fingerprint density at radius 3 is 2.68 bits per heavy atom. The zero-order valence-corrected chi connectivity index (χ0v) is 19.1. The molecule has 1 amide bonds. The number of piperidine rings is 1. The van der Waals surface area contributed by atoms with E-state index in [2.05, 4.69) is 5.32 Å².